The van der Waals surface area contributed by atoms with Crippen molar-refractivity contribution in [2.45, 2.75) is 0 Å². The zero-order valence-corrected chi connectivity index (χ0v) is 12.2. The Bertz CT molecular complexity index is 756. The Morgan fingerprint density at radius 1 is 0.909 bits per heavy atom. The molecule has 0 atom stereocenters. The maximum Gasteiger partial charge on any atom is 0.320 e. The second kappa shape index (κ2) is 6.17. The summed E-state index contributed by atoms with van der Waals surface area (Å²) < 4.78 is 16.1. The third kappa shape index (κ3) is 2.85. The van der Waals surface area contributed by atoms with Crippen molar-refractivity contribution in [1.82, 2.24) is 10.2 Å². The van der Waals surface area contributed by atoms with E-state index in [1.165, 1.54) is 0 Å². The maximum absolute atomic E-state index is 5.62. The Labute approximate surface area is 127 Å². The van der Waals surface area contributed by atoms with Gasteiger partial charge in [0.1, 0.15) is 0 Å². The number of nitrogens with zero attached hydrogens (tertiary/aromatic N) is 2. The van der Waals surface area contributed by atoms with Gasteiger partial charge in [-0.2, -0.15) is 0 Å². The second-order valence-corrected chi connectivity index (χ2v) is 4.47. The van der Waals surface area contributed by atoms with Crippen LogP contribution >= 0.6 is 0 Å². The summed E-state index contributed by atoms with van der Waals surface area (Å²) in [5, 5.41) is 11.1. The molecule has 3 aromatic rings. The fourth-order valence-corrected chi connectivity index (χ4v) is 2.00. The highest BCUT2D eigenvalue weighted by Gasteiger charge is 2.12. The van der Waals surface area contributed by atoms with Gasteiger partial charge in [0.25, 0.3) is 0 Å². The van der Waals surface area contributed by atoms with E-state index in [9.17, 15) is 0 Å². The van der Waals surface area contributed by atoms with E-state index in [0.29, 0.717) is 23.4 Å². The van der Waals surface area contributed by atoms with E-state index in [2.05, 4.69) is 15.5 Å². The number of benzene rings is 2. The highest BCUT2D eigenvalue weighted by molar-refractivity contribution is 5.61. The SMILES string of the molecule is COc1ccc(-c2nnc(Nc3ccccc3)o2)cc1OC. The molecule has 1 heterocycles. The van der Waals surface area contributed by atoms with Gasteiger partial charge in [-0.25, -0.2) is 0 Å². The number of ether oxygens (including phenoxy) is 2. The van der Waals surface area contributed by atoms with Gasteiger partial charge in [0.2, 0.25) is 5.89 Å². The Morgan fingerprint density at radius 2 is 1.68 bits per heavy atom. The molecule has 3 rings (SSSR count). The minimum Gasteiger partial charge on any atom is -0.493 e. The first-order chi connectivity index (χ1) is 10.8. The molecule has 0 spiro atoms. The van der Waals surface area contributed by atoms with Gasteiger partial charge in [0.15, 0.2) is 11.5 Å². The van der Waals surface area contributed by atoms with Gasteiger partial charge in [-0.15, -0.1) is 5.10 Å². The smallest absolute Gasteiger partial charge is 0.320 e. The summed E-state index contributed by atoms with van der Waals surface area (Å²) in [5.74, 6) is 1.66. The fraction of sp³-hybridized carbons (Fsp3) is 0.125. The van der Waals surface area contributed by atoms with E-state index < -0.39 is 0 Å². The van der Waals surface area contributed by atoms with Crippen LogP contribution in [0.15, 0.2) is 52.9 Å². The summed E-state index contributed by atoms with van der Waals surface area (Å²) in [6.07, 6.45) is 0. The third-order valence-electron chi connectivity index (χ3n) is 3.08. The number of para-hydroxylation sites is 1. The van der Waals surface area contributed by atoms with Crippen LogP contribution in [-0.2, 0) is 0 Å². The lowest BCUT2D eigenvalue weighted by molar-refractivity contribution is 0.355. The predicted molar refractivity (Wildman–Crippen MR) is 82.6 cm³/mol. The Kier molecular flexibility index (Phi) is 3.91. The van der Waals surface area contributed by atoms with Crippen LogP contribution in [0.4, 0.5) is 11.7 Å². The van der Waals surface area contributed by atoms with Crippen molar-refractivity contribution in [2.24, 2.45) is 0 Å². The van der Waals surface area contributed by atoms with E-state index in [1.54, 1.807) is 26.4 Å². The van der Waals surface area contributed by atoms with Crippen molar-refractivity contribution in [2.75, 3.05) is 19.5 Å². The summed E-state index contributed by atoms with van der Waals surface area (Å²) in [7, 11) is 3.17. The van der Waals surface area contributed by atoms with E-state index >= 15 is 0 Å². The Balaban J connectivity index is 1.84. The quantitative estimate of drug-likeness (QED) is 0.777. The molecule has 22 heavy (non-hydrogen) atoms. The van der Waals surface area contributed by atoms with Crippen LogP contribution in [-0.4, -0.2) is 24.4 Å². The average molecular weight is 297 g/mol. The first-order valence-corrected chi connectivity index (χ1v) is 6.68. The van der Waals surface area contributed by atoms with E-state index in [0.717, 1.165) is 11.3 Å². The van der Waals surface area contributed by atoms with Crippen LogP contribution in [0.1, 0.15) is 0 Å². The highest BCUT2D eigenvalue weighted by atomic mass is 16.5. The predicted octanol–water partition coefficient (Wildman–Crippen LogP) is 3.50. The van der Waals surface area contributed by atoms with Crippen LogP contribution in [0.25, 0.3) is 11.5 Å². The first kappa shape index (κ1) is 13.9. The van der Waals surface area contributed by atoms with Gasteiger partial charge in [-0.1, -0.05) is 23.3 Å². The first-order valence-electron chi connectivity index (χ1n) is 6.68. The van der Waals surface area contributed by atoms with E-state index in [1.807, 2.05) is 36.4 Å². The summed E-state index contributed by atoms with van der Waals surface area (Å²) in [6.45, 7) is 0. The topological polar surface area (TPSA) is 69.4 Å². The largest absolute Gasteiger partial charge is 0.493 e. The number of aromatic nitrogens is 2. The summed E-state index contributed by atoms with van der Waals surface area (Å²) in [4.78, 5) is 0. The molecule has 0 saturated heterocycles. The molecule has 112 valence electrons. The number of anilines is 2. The number of nitrogens with one attached hydrogen (secondary N) is 1. The number of hydrogen-bond acceptors (Lipinski definition) is 6. The van der Waals surface area contributed by atoms with Gasteiger partial charge < -0.3 is 19.2 Å². The van der Waals surface area contributed by atoms with Gasteiger partial charge in [-0.3, -0.25) is 0 Å². The van der Waals surface area contributed by atoms with Crippen LogP contribution in [0.3, 0.4) is 0 Å². The molecule has 0 aliphatic carbocycles. The molecule has 0 fully saturated rings. The van der Waals surface area contributed by atoms with Crippen molar-refractivity contribution in [3.8, 4) is 23.0 Å². The molecule has 0 aliphatic rings. The molecule has 6 nitrogen and oxygen atoms in total. The summed E-state index contributed by atoms with van der Waals surface area (Å²) in [5.41, 5.74) is 1.64. The lowest BCUT2D eigenvalue weighted by Crippen LogP contribution is -1.90. The van der Waals surface area contributed by atoms with Crippen LogP contribution in [0, 0.1) is 0 Å². The molecule has 1 N–H and O–H groups in total. The molecule has 0 unspecified atom stereocenters. The number of rotatable bonds is 5. The van der Waals surface area contributed by atoms with Crippen LogP contribution in [0.2, 0.25) is 0 Å². The van der Waals surface area contributed by atoms with Gasteiger partial charge in [-0.05, 0) is 30.3 Å². The second-order valence-electron chi connectivity index (χ2n) is 4.47. The molecule has 0 amide bonds. The highest BCUT2D eigenvalue weighted by Crippen LogP contribution is 2.32. The number of methoxy groups -OCH3 is 2. The molecular formula is C16H15N3O3. The maximum atomic E-state index is 5.62. The number of hydrogen-bond donors (Lipinski definition) is 1. The van der Waals surface area contributed by atoms with Gasteiger partial charge in [0, 0.05) is 11.3 Å². The molecule has 0 radical (unpaired) electrons. The zero-order valence-electron chi connectivity index (χ0n) is 12.2. The Hall–Kier alpha value is -3.02. The van der Waals surface area contributed by atoms with Crippen molar-refractivity contribution in [3.05, 3.63) is 48.5 Å². The molecular weight excluding hydrogens is 282 g/mol. The third-order valence-corrected chi connectivity index (χ3v) is 3.08. The van der Waals surface area contributed by atoms with Crippen molar-refractivity contribution < 1.29 is 13.9 Å². The lowest BCUT2D eigenvalue weighted by atomic mass is 10.2. The molecule has 6 heteroatoms. The monoisotopic (exact) mass is 297 g/mol. The molecule has 2 aromatic carbocycles. The van der Waals surface area contributed by atoms with E-state index in [-0.39, 0.29) is 0 Å². The van der Waals surface area contributed by atoms with Gasteiger partial charge in [0.05, 0.1) is 14.2 Å². The molecule has 0 bridgehead atoms. The standard InChI is InChI=1S/C16H15N3O3/c1-20-13-9-8-11(10-14(13)21-2)15-18-19-16(22-15)17-12-6-4-3-5-7-12/h3-10H,1-2H3,(H,17,19). The zero-order chi connectivity index (χ0) is 15.4. The average Bonchev–Trinajstić information content (AvgIpc) is 3.03. The van der Waals surface area contributed by atoms with Crippen molar-refractivity contribution in [1.29, 1.82) is 0 Å². The summed E-state index contributed by atoms with van der Waals surface area (Å²) >= 11 is 0. The summed E-state index contributed by atoms with van der Waals surface area (Å²) in [6, 6.07) is 15.4. The normalized spacial score (nSPS) is 10.3. The molecule has 0 saturated carbocycles. The van der Waals surface area contributed by atoms with Crippen LogP contribution in [0.5, 0.6) is 11.5 Å². The molecule has 1 aromatic heterocycles. The lowest BCUT2D eigenvalue weighted by Gasteiger charge is -2.07. The Morgan fingerprint density at radius 3 is 2.41 bits per heavy atom. The van der Waals surface area contributed by atoms with Crippen molar-refractivity contribution in [3.63, 3.8) is 0 Å². The van der Waals surface area contributed by atoms with E-state index in [4.69, 9.17) is 13.9 Å². The fourth-order valence-electron chi connectivity index (χ4n) is 2.00. The minimum atomic E-state index is 0.330. The molecule has 0 aliphatic heterocycles. The van der Waals surface area contributed by atoms with Gasteiger partial charge >= 0.3 is 6.01 Å². The minimum absolute atomic E-state index is 0.330. The van der Waals surface area contributed by atoms with Crippen LogP contribution < -0.4 is 14.8 Å². The van der Waals surface area contributed by atoms with Crippen molar-refractivity contribution >= 4 is 11.7 Å².